The lowest BCUT2D eigenvalue weighted by molar-refractivity contribution is -0.137. The molecular weight excluding hydrogens is 357 g/mol. The minimum atomic E-state index is -4.48. The Morgan fingerprint density at radius 2 is 1.67 bits per heavy atom. The molecule has 0 radical (unpaired) electrons. The third-order valence-electron chi connectivity index (χ3n) is 3.52. The molecular formula is C20H13F3N2O2. The Kier molecular flexibility index (Phi) is 5.27. The van der Waals surface area contributed by atoms with Gasteiger partial charge in [-0.05, 0) is 23.8 Å². The normalized spacial score (nSPS) is 10.9. The van der Waals surface area contributed by atoms with Crippen molar-refractivity contribution < 1.29 is 22.6 Å². The number of halogens is 3. The van der Waals surface area contributed by atoms with Crippen LogP contribution in [0.3, 0.4) is 0 Å². The van der Waals surface area contributed by atoms with Gasteiger partial charge in [0.05, 0.1) is 17.2 Å². The van der Waals surface area contributed by atoms with Crippen LogP contribution in [0.2, 0.25) is 0 Å². The first-order valence-corrected chi connectivity index (χ1v) is 7.88. The topological polar surface area (TPSA) is 55.1 Å². The van der Waals surface area contributed by atoms with Gasteiger partial charge < -0.3 is 9.47 Å². The molecule has 0 bridgehead atoms. The van der Waals surface area contributed by atoms with Crippen molar-refractivity contribution in [1.29, 1.82) is 5.26 Å². The first-order chi connectivity index (χ1) is 12.9. The third-order valence-corrected chi connectivity index (χ3v) is 3.52. The second kappa shape index (κ2) is 7.79. The van der Waals surface area contributed by atoms with E-state index in [0.29, 0.717) is 0 Å². The zero-order valence-electron chi connectivity index (χ0n) is 13.9. The van der Waals surface area contributed by atoms with Gasteiger partial charge in [-0.2, -0.15) is 23.4 Å². The molecule has 7 heteroatoms. The van der Waals surface area contributed by atoms with E-state index in [9.17, 15) is 13.2 Å². The van der Waals surface area contributed by atoms with E-state index in [1.807, 2.05) is 36.4 Å². The second-order valence-corrected chi connectivity index (χ2v) is 5.55. The first-order valence-electron chi connectivity index (χ1n) is 7.88. The van der Waals surface area contributed by atoms with E-state index in [2.05, 4.69) is 4.98 Å². The summed E-state index contributed by atoms with van der Waals surface area (Å²) >= 11 is 0. The lowest BCUT2D eigenvalue weighted by atomic mass is 10.2. The van der Waals surface area contributed by atoms with Crippen LogP contribution in [0.1, 0.15) is 16.7 Å². The van der Waals surface area contributed by atoms with E-state index in [0.717, 1.165) is 17.7 Å². The van der Waals surface area contributed by atoms with E-state index < -0.39 is 11.7 Å². The highest BCUT2D eigenvalue weighted by molar-refractivity contribution is 5.39. The van der Waals surface area contributed by atoms with Gasteiger partial charge in [-0.15, -0.1) is 0 Å². The van der Waals surface area contributed by atoms with Crippen LogP contribution >= 0.6 is 0 Å². The van der Waals surface area contributed by atoms with Crippen LogP contribution in [0.4, 0.5) is 13.2 Å². The molecule has 27 heavy (non-hydrogen) atoms. The fourth-order valence-corrected chi connectivity index (χ4v) is 2.26. The summed E-state index contributed by atoms with van der Waals surface area (Å²) in [7, 11) is 0. The van der Waals surface area contributed by atoms with Gasteiger partial charge in [-0.3, -0.25) is 0 Å². The molecule has 3 aromatic rings. The minimum Gasteiger partial charge on any atom is -0.473 e. The second-order valence-electron chi connectivity index (χ2n) is 5.55. The molecule has 0 fully saturated rings. The SMILES string of the molecule is N#Cc1cc(OCc2ccccc2)nc(Oc2cccc(C(F)(F)F)c2)c1. The van der Waals surface area contributed by atoms with Crippen LogP contribution < -0.4 is 9.47 Å². The number of benzene rings is 2. The molecule has 2 aromatic carbocycles. The Labute approximate surface area is 153 Å². The molecule has 0 amide bonds. The predicted molar refractivity (Wildman–Crippen MR) is 91.2 cm³/mol. The van der Waals surface area contributed by atoms with Crippen molar-refractivity contribution in [3.8, 4) is 23.6 Å². The quantitative estimate of drug-likeness (QED) is 0.608. The monoisotopic (exact) mass is 370 g/mol. The van der Waals surface area contributed by atoms with Gasteiger partial charge in [-0.25, -0.2) is 0 Å². The largest absolute Gasteiger partial charge is 0.473 e. The average molecular weight is 370 g/mol. The Morgan fingerprint density at radius 3 is 2.37 bits per heavy atom. The molecule has 0 aliphatic carbocycles. The zero-order chi connectivity index (χ0) is 19.3. The maximum absolute atomic E-state index is 12.8. The van der Waals surface area contributed by atoms with Gasteiger partial charge in [0, 0.05) is 12.1 Å². The molecule has 0 N–H and O–H groups in total. The van der Waals surface area contributed by atoms with Crippen LogP contribution in [0, 0.1) is 11.3 Å². The summed E-state index contributed by atoms with van der Waals surface area (Å²) in [4.78, 5) is 4.11. The molecule has 0 saturated carbocycles. The molecule has 0 aliphatic heterocycles. The lowest BCUT2D eigenvalue weighted by Gasteiger charge is -2.11. The summed E-state index contributed by atoms with van der Waals surface area (Å²) in [6, 6.07) is 18.5. The van der Waals surface area contributed by atoms with Crippen LogP contribution in [0.5, 0.6) is 17.5 Å². The van der Waals surface area contributed by atoms with Crippen LogP contribution in [0.15, 0.2) is 66.7 Å². The number of pyridine rings is 1. The van der Waals surface area contributed by atoms with Gasteiger partial charge in [0.1, 0.15) is 12.4 Å². The maximum atomic E-state index is 12.8. The molecule has 0 atom stereocenters. The van der Waals surface area contributed by atoms with Crippen LogP contribution in [-0.2, 0) is 12.8 Å². The average Bonchev–Trinajstić information content (AvgIpc) is 2.66. The van der Waals surface area contributed by atoms with E-state index in [1.54, 1.807) is 0 Å². The molecule has 0 saturated heterocycles. The Bertz CT molecular complexity index is 967. The fraction of sp³-hybridized carbons (Fsp3) is 0.100. The van der Waals surface area contributed by atoms with Crippen LogP contribution in [0.25, 0.3) is 0 Å². The highest BCUT2D eigenvalue weighted by Crippen LogP contribution is 2.32. The standard InChI is InChI=1S/C20H13F3N2O2/c21-20(22,23)16-7-4-8-17(11-16)27-19-10-15(12-24)9-18(25-19)26-13-14-5-2-1-3-6-14/h1-11H,13H2. The summed E-state index contributed by atoms with van der Waals surface area (Å²) in [5, 5.41) is 9.15. The summed E-state index contributed by atoms with van der Waals surface area (Å²) in [6.45, 7) is 0.228. The fourth-order valence-electron chi connectivity index (χ4n) is 2.26. The minimum absolute atomic E-state index is 0.0311. The van der Waals surface area contributed by atoms with E-state index in [4.69, 9.17) is 14.7 Å². The molecule has 0 aliphatic rings. The van der Waals surface area contributed by atoms with Crippen molar-refractivity contribution in [3.05, 3.63) is 83.4 Å². The number of nitriles is 1. The molecule has 136 valence electrons. The number of hydrogen-bond acceptors (Lipinski definition) is 4. The number of ether oxygens (including phenoxy) is 2. The molecule has 0 spiro atoms. The van der Waals surface area contributed by atoms with Crippen molar-refractivity contribution >= 4 is 0 Å². The maximum Gasteiger partial charge on any atom is 0.416 e. The van der Waals surface area contributed by atoms with Gasteiger partial charge >= 0.3 is 6.18 Å². The molecule has 1 heterocycles. The Balaban J connectivity index is 1.80. The Hall–Kier alpha value is -3.53. The zero-order valence-corrected chi connectivity index (χ0v) is 13.9. The van der Waals surface area contributed by atoms with Crippen molar-refractivity contribution in [2.45, 2.75) is 12.8 Å². The third kappa shape index (κ3) is 4.98. The summed E-state index contributed by atoms with van der Waals surface area (Å²) in [5.41, 5.74) is 0.286. The Morgan fingerprint density at radius 1 is 0.926 bits per heavy atom. The van der Waals surface area contributed by atoms with Gasteiger partial charge in [0.25, 0.3) is 0 Å². The number of aromatic nitrogens is 1. The number of rotatable bonds is 5. The van der Waals surface area contributed by atoms with E-state index >= 15 is 0 Å². The lowest BCUT2D eigenvalue weighted by Crippen LogP contribution is -2.04. The molecule has 3 rings (SSSR count). The highest BCUT2D eigenvalue weighted by Gasteiger charge is 2.30. The van der Waals surface area contributed by atoms with E-state index in [1.165, 1.54) is 24.3 Å². The smallest absolute Gasteiger partial charge is 0.416 e. The van der Waals surface area contributed by atoms with Crippen molar-refractivity contribution in [1.82, 2.24) is 4.98 Å². The van der Waals surface area contributed by atoms with Crippen LogP contribution in [-0.4, -0.2) is 4.98 Å². The van der Waals surface area contributed by atoms with Gasteiger partial charge in [-0.1, -0.05) is 36.4 Å². The van der Waals surface area contributed by atoms with Crippen molar-refractivity contribution in [2.75, 3.05) is 0 Å². The first kappa shape index (κ1) is 18.3. The summed E-state index contributed by atoms with van der Waals surface area (Å²) in [5.74, 6) is 0.0674. The molecule has 0 unspecified atom stereocenters. The van der Waals surface area contributed by atoms with Crippen molar-refractivity contribution in [2.24, 2.45) is 0 Å². The number of hydrogen-bond donors (Lipinski definition) is 0. The van der Waals surface area contributed by atoms with Crippen molar-refractivity contribution in [3.63, 3.8) is 0 Å². The number of nitrogens with zero attached hydrogens (tertiary/aromatic N) is 2. The summed E-state index contributed by atoms with van der Waals surface area (Å²) in [6.07, 6.45) is -4.48. The van der Waals surface area contributed by atoms with E-state index in [-0.39, 0.29) is 29.7 Å². The highest BCUT2D eigenvalue weighted by atomic mass is 19.4. The number of alkyl halides is 3. The summed E-state index contributed by atoms with van der Waals surface area (Å²) < 4.78 is 49.4. The molecule has 1 aromatic heterocycles. The predicted octanol–water partition coefficient (Wildman–Crippen LogP) is 5.34. The van der Waals surface area contributed by atoms with Gasteiger partial charge in [0.2, 0.25) is 11.8 Å². The molecule has 4 nitrogen and oxygen atoms in total. The van der Waals surface area contributed by atoms with Gasteiger partial charge in [0.15, 0.2) is 0 Å².